The summed E-state index contributed by atoms with van der Waals surface area (Å²) in [5, 5.41) is 0. The van der Waals surface area contributed by atoms with Crippen LogP contribution in [0.15, 0.2) is 45.8 Å². The van der Waals surface area contributed by atoms with Crippen molar-refractivity contribution in [2.75, 3.05) is 50.1 Å². The van der Waals surface area contributed by atoms with Crippen molar-refractivity contribution < 1.29 is 8.42 Å². The van der Waals surface area contributed by atoms with Crippen LogP contribution in [0.1, 0.15) is 5.56 Å². The van der Waals surface area contributed by atoms with E-state index in [9.17, 15) is 8.42 Å². The molecule has 0 N–H and O–H groups in total. The van der Waals surface area contributed by atoms with Crippen molar-refractivity contribution in [1.82, 2.24) is 14.9 Å². The molecule has 9 heteroatoms. The zero-order chi connectivity index (χ0) is 18.3. The van der Waals surface area contributed by atoms with Gasteiger partial charge in [0, 0.05) is 52.0 Å². The van der Waals surface area contributed by atoms with Gasteiger partial charge in [-0.2, -0.15) is 13.4 Å². The summed E-state index contributed by atoms with van der Waals surface area (Å²) in [6.07, 6.45) is 1.76. The van der Waals surface area contributed by atoms with Gasteiger partial charge in [0.15, 0.2) is 5.84 Å². The molecule has 2 aromatic rings. The van der Waals surface area contributed by atoms with Crippen LogP contribution in [-0.4, -0.2) is 69.4 Å². The van der Waals surface area contributed by atoms with E-state index in [0.717, 1.165) is 5.82 Å². The molecule has 26 heavy (non-hydrogen) atoms. The van der Waals surface area contributed by atoms with E-state index in [1.54, 1.807) is 18.3 Å². The maximum absolute atomic E-state index is 12.2. The molecule has 0 unspecified atom stereocenters. The molecule has 1 aromatic heterocycles. The Morgan fingerprint density at radius 1 is 1.00 bits per heavy atom. The smallest absolute Gasteiger partial charge is 0.285 e. The Kier molecular flexibility index (Phi) is 4.03. The molecule has 0 atom stereocenters. The fraction of sp³-hybridized carbons (Fsp3) is 0.353. The van der Waals surface area contributed by atoms with Gasteiger partial charge in [0.05, 0.1) is 0 Å². The highest BCUT2D eigenvalue weighted by molar-refractivity contribution is 7.90. The minimum absolute atomic E-state index is 0.291. The maximum Gasteiger partial charge on any atom is 0.285 e. The molecule has 2 aliphatic heterocycles. The number of fused-ring (bicyclic) bond motifs is 1. The first-order chi connectivity index (χ1) is 12.5. The SMILES string of the molecule is CN(C)c1ccnc(N2CCN(C3=NS(=O)(=O)c4ccccc43)CC2)n1. The molecule has 3 heterocycles. The summed E-state index contributed by atoms with van der Waals surface area (Å²) in [5.41, 5.74) is 0.687. The van der Waals surface area contributed by atoms with Gasteiger partial charge in [-0.25, -0.2) is 4.98 Å². The number of benzene rings is 1. The van der Waals surface area contributed by atoms with E-state index in [4.69, 9.17) is 0 Å². The highest BCUT2D eigenvalue weighted by Gasteiger charge is 2.33. The molecule has 0 radical (unpaired) electrons. The van der Waals surface area contributed by atoms with Gasteiger partial charge in [0.25, 0.3) is 10.0 Å². The largest absolute Gasteiger partial charge is 0.363 e. The number of aromatic nitrogens is 2. The first-order valence-corrected chi connectivity index (χ1v) is 9.84. The van der Waals surface area contributed by atoms with Crippen molar-refractivity contribution in [2.24, 2.45) is 4.40 Å². The van der Waals surface area contributed by atoms with Gasteiger partial charge in [-0.3, -0.25) is 0 Å². The number of hydrogen-bond acceptors (Lipinski definition) is 7. The monoisotopic (exact) mass is 372 g/mol. The maximum atomic E-state index is 12.2. The van der Waals surface area contributed by atoms with Gasteiger partial charge in [0.2, 0.25) is 5.95 Å². The topological polar surface area (TPSA) is 82.0 Å². The standard InChI is InChI=1S/C17H20N6O2S/c1-21(2)15-7-8-18-17(19-15)23-11-9-22(10-12-23)16-13-5-3-4-6-14(13)26(24,25)20-16/h3-8H,9-12H2,1-2H3. The van der Waals surface area contributed by atoms with Crippen LogP contribution in [0, 0.1) is 0 Å². The molecule has 0 saturated carbocycles. The predicted molar refractivity (Wildman–Crippen MR) is 100 cm³/mol. The Labute approximate surface area is 152 Å². The van der Waals surface area contributed by atoms with Crippen molar-refractivity contribution in [1.29, 1.82) is 0 Å². The van der Waals surface area contributed by atoms with Crippen LogP contribution in [0.3, 0.4) is 0 Å². The van der Waals surface area contributed by atoms with Gasteiger partial charge in [0.1, 0.15) is 10.7 Å². The Morgan fingerprint density at radius 2 is 1.69 bits per heavy atom. The van der Waals surface area contributed by atoms with Crippen LogP contribution in [0.25, 0.3) is 0 Å². The van der Waals surface area contributed by atoms with Gasteiger partial charge < -0.3 is 14.7 Å². The number of sulfonamides is 1. The lowest BCUT2D eigenvalue weighted by atomic mass is 10.1. The van der Waals surface area contributed by atoms with Crippen molar-refractivity contribution in [3.8, 4) is 0 Å². The van der Waals surface area contributed by atoms with Crippen molar-refractivity contribution in [2.45, 2.75) is 4.90 Å². The van der Waals surface area contributed by atoms with E-state index < -0.39 is 10.0 Å². The van der Waals surface area contributed by atoms with Crippen molar-refractivity contribution in [3.63, 3.8) is 0 Å². The third kappa shape index (κ3) is 2.88. The highest BCUT2D eigenvalue weighted by Crippen LogP contribution is 2.28. The molecule has 1 saturated heterocycles. The van der Waals surface area contributed by atoms with Crippen LogP contribution < -0.4 is 9.80 Å². The number of piperazine rings is 1. The van der Waals surface area contributed by atoms with Crippen LogP contribution in [0.4, 0.5) is 11.8 Å². The molecule has 0 spiro atoms. The Balaban J connectivity index is 1.52. The van der Waals surface area contributed by atoms with Crippen LogP contribution in [0.5, 0.6) is 0 Å². The third-order valence-electron chi connectivity index (χ3n) is 4.56. The van der Waals surface area contributed by atoms with Gasteiger partial charge in [-0.15, -0.1) is 4.40 Å². The summed E-state index contributed by atoms with van der Waals surface area (Å²) in [7, 11) is 0.307. The summed E-state index contributed by atoms with van der Waals surface area (Å²) in [4.78, 5) is 15.3. The van der Waals surface area contributed by atoms with E-state index >= 15 is 0 Å². The van der Waals surface area contributed by atoms with Gasteiger partial charge in [-0.05, 0) is 18.2 Å². The van der Waals surface area contributed by atoms with Crippen molar-refractivity contribution in [3.05, 3.63) is 42.1 Å². The fourth-order valence-electron chi connectivity index (χ4n) is 3.18. The molecule has 1 fully saturated rings. The lowest BCUT2D eigenvalue weighted by Gasteiger charge is -2.35. The summed E-state index contributed by atoms with van der Waals surface area (Å²) < 4.78 is 28.5. The lowest BCUT2D eigenvalue weighted by molar-refractivity contribution is 0.384. The van der Waals surface area contributed by atoms with E-state index in [1.807, 2.05) is 42.1 Å². The van der Waals surface area contributed by atoms with Crippen LogP contribution in [0.2, 0.25) is 0 Å². The second kappa shape index (κ2) is 6.24. The molecule has 2 aliphatic rings. The predicted octanol–water partition coefficient (Wildman–Crippen LogP) is 0.814. The molecule has 136 valence electrons. The number of amidine groups is 1. The molecule has 4 rings (SSSR count). The lowest BCUT2D eigenvalue weighted by Crippen LogP contribution is -2.49. The second-order valence-corrected chi connectivity index (χ2v) is 8.04. The highest BCUT2D eigenvalue weighted by atomic mass is 32.2. The number of hydrogen-bond donors (Lipinski definition) is 0. The number of rotatable bonds is 2. The van der Waals surface area contributed by atoms with Gasteiger partial charge in [-0.1, -0.05) is 12.1 Å². The molecular weight excluding hydrogens is 352 g/mol. The van der Waals surface area contributed by atoms with E-state index in [1.165, 1.54) is 0 Å². The first-order valence-electron chi connectivity index (χ1n) is 8.40. The average molecular weight is 372 g/mol. The van der Waals surface area contributed by atoms with E-state index in [2.05, 4.69) is 19.3 Å². The van der Waals surface area contributed by atoms with Crippen LogP contribution >= 0.6 is 0 Å². The Hall–Kier alpha value is -2.68. The third-order valence-corrected chi connectivity index (χ3v) is 5.89. The Bertz CT molecular complexity index is 965. The molecule has 0 bridgehead atoms. The van der Waals surface area contributed by atoms with E-state index in [-0.39, 0.29) is 0 Å². The molecule has 0 amide bonds. The second-order valence-electron chi connectivity index (χ2n) is 6.47. The number of nitrogens with zero attached hydrogens (tertiary/aromatic N) is 6. The van der Waals surface area contributed by atoms with Gasteiger partial charge >= 0.3 is 0 Å². The number of anilines is 2. The Morgan fingerprint density at radius 3 is 2.42 bits per heavy atom. The van der Waals surface area contributed by atoms with Crippen molar-refractivity contribution >= 4 is 27.6 Å². The minimum atomic E-state index is -3.58. The quantitative estimate of drug-likeness (QED) is 0.772. The summed E-state index contributed by atoms with van der Waals surface area (Å²) in [5.74, 6) is 2.10. The zero-order valence-corrected chi connectivity index (χ0v) is 15.5. The minimum Gasteiger partial charge on any atom is -0.363 e. The molecule has 0 aliphatic carbocycles. The van der Waals surface area contributed by atoms with E-state index in [0.29, 0.717) is 48.4 Å². The average Bonchev–Trinajstić information content (AvgIpc) is 2.94. The fourth-order valence-corrected chi connectivity index (χ4v) is 4.40. The first kappa shape index (κ1) is 16.8. The molecule has 1 aromatic carbocycles. The summed E-state index contributed by atoms with van der Waals surface area (Å²) in [6, 6.07) is 8.86. The normalized spacial score (nSPS) is 18.5. The zero-order valence-electron chi connectivity index (χ0n) is 14.7. The molecule has 8 nitrogen and oxygen atoms in total. The molecular formula is C17H20N6O2S. The van der Waals surface area contributed by atoms with Crippen LogP contribution in [-0.2, 0) is 10.0 Å². The summed E-state index contributed by atoms with van der Waals surface area (Å²) in [6.45, 7) is 2.74. The summed E-state index contributed by atoms with van der Waals surface area (Å²) >= 11 is 0.